The van der Waals surface area contributed by atoms with E-state index < -0.39 is 24.0 Å². The summed E-state index contributed by atoms with van der Waals surface area (Å²) in [7, 11) is 0. The lowest BCUT2D eigenvalue weighted by molar-refractivity contribution is -0.577. The van der Waals surface area contributed by atoms with Crippen LogP contribution >= 0.6 is 0 Å². The summed E-state index contributed by atoms with van der Waals surface area (Å²) in [6, 6.07) is 2.02. The molecule has 1 spiro atoms. The Bertz CT molecular complexity index is 522. The first-order valence-electron chi connectivity index (χ1n) is 8.69. The van der Waals surface area contributed by atoms with Crippen LogP contribution < -0.4 is 0 Å². The third-order valence-corrected chi connectivity index (χ3v) is 6.41. The van der Waals surface area contributed by atoms with Crippen molar-refractivity contribution in [3.8, 4) is 6.07 Å². The van der Waals surface area contributed by atoms with Crippen molar-refractivity contribution in [3.05, 3.63) is 0 Å². The average Bonchev–Trinajstić information content (AvgIpc) is 2.76. The lowest BCUT2D eigenvalue weighted by Crippen LogP contribution is -2.70. The second kappa shape index (κ2) is 5.40. The summed E-state index contributed by atoms with van der Waals surface area (Å²) < 4.78 is 18.0. The molecular weight excluding hydrogens is 298 g/mol. The van der Waals surface area contributed by atoms with Crippen LogP contribution in [0.4, 0.5) is 0 Å². The summed E-state index contributed by atoms with van der Waals surface area (Å²) >= 11 is 0. The van der Waals surface area contributed by atoms with E-state index in [1.54, 1.807) is 0 Å². The molecule has 0 N–H and O–H groups in total. The Kier molecular flexibility index (Phi) is 3.71. The van der Waals surface area contributed by atoms with Crippen molar-refractivity contribution in [3.63, 3.8) is 0 Å². The van der Waals surface area contributed by atoms with E-state index in [0.29, 0.717) is 11.8 Å². The van der Waals surface area contributed by atoms with Crippen molar-refractivity contribution < 1.29 is 24.0 Å². The van der Waals surface area contributed by atoms with Crippen molar-refractivity contribution in [2.75, 3.05) is 6.61 Å². The minimum atomic E-state index is -0.766. The molecule has 6 heteroatoms. The fourth-order valence-electron chi connectivity index (χ4n) is 5.18. The molecule has 4 aliphatic heterocycles. The Morgan fingerprint density at radius 2 is 2.00 bits per heavy atom. The van der Waals surface area contributed by atoms with E-state index in [1.807, 2.05) is 13.0 Å². The van der Waals surface area contributed by atoms with Gasteiger partial charge in [-0.1, -0.05) is 13.8 Å². The number of hydrogen-bond acceptors (Lipinski definition) is 6. The highest BCUT2D eigenvalue weighted by Gasteiger charge is 2.69. The highest BCUT2D eigenvalue weighted by Crippen LogP contribution is 2.60. The van der Waals surface area contributed by atoms with Crippen LogP contribution in [-0.2, 0) is 24.0 Å². The average molecular weight is 323 g/mol. The highest BCUT2D eigenvalue weighted by molar-refractivity contribution is 5.09. The molecule has 0 amide bonds. The van der Waals surface area contributed by atoms with Gasteiger partial charge in [0, 0.05) is 18.3 Å². The van der Waals surface area contributed by atoms with E-state index in [4.69, 9.17) is 29.2 Å². The summed E-state index contributed by atoms with van der Waals surface area (Å²) in [5.74, 6) is 0.513. The number of ether oxygens (including phenoxy) is 3. The number of nitriles is 1. The maximum absolute atomic E-state index is 8.81. The quantitative estimate of drug-likeness (QED) is 0.728. The van der Waals surface area contributed by atoms with Gasteiger partial charge in [-0.2, -0.15) is 5.26 Å². The summed E-state index contributed by atoms with van der Waals surface area (Å²) in [5, 5.41) is 8.81. The first kappa shape index (κ1) is 15.8. The molecule has 0 aromatic carbocycles. The van der Waals surface area contributed by atoms with E-state index in [1.165, 1.54) is 6.42 Å². The zero-order valence-corrected chi connectivity index (χ0v) is 14.0. The van der Waals surface area contributed by atoms with E-state index in [-0.39, 0.29) is 18.4 Å². The molecule has 4 heterocycles. The molecule has 0 aromatic rings. The van der Waals surface area contributed by atoms with Crippen LogP contribution in [0.25, 0.3) is 0 Å². The van der Waals surface area contributed by atoms with Gasteiger partial charge < -0.3 is 14.2 Å². The van der Waals surface area contributed by atoms with Crippen molar-refractivity contribution in [2.45, 2.75) is 70.4 Å². The minimum absolute atomic E-state index is 0.0237. The third-order valence-electron chi connectivity index (χ3n) is 6.41. The van der Waals surface area contributed by atoms with Gasteiger partial charge in [0.25, 0.3) is 0 Å². The molecular formula is C17H25NO5. The summed E-state index contributed by atoms with van der Waals surface area (Å²) in [4.78, 5) is 11.8. The van der Waals surface area contributed by atoms with Crippen molar-refractivity contribution in [1.29, 1.82) is 5.26 Å². The van der Waals surface area contributed by atoms with Gasteiger partial charge >= 0.3 is 0 Å². The molecule has 0 radical (unpaired) electrons. The van der Waals surface area contributed by atoms with E-state index in [9.17, 15) is 0 Å². The molecule has 5 fully saturated rings. The summed E-state index contributed by atoms with van der Waals surface area (Å²) in [5.41, 5.74) is -0.556. The molecule has 23 heavy (non-hydrogen) atoms. The van der Waals surface area contributed by atoms with Crippen LogP contribution in [0.5, 0.6) is 0 Å². The van der Waals surface area contributed by atoms with Gasteiger partial charge in [-0.05, 0) is 38.0 Å². The van der Waals surface area contributed by atoms with Crippen LogP contribution in [0.15, 0.2) is 0 Å². The molecule has 4 saturated heterocycles. The Morgan fingerprint density at radius 1 is 1.17 bits per heavy atom. The van der Waals surface area contributed by atoms with Crippen LogP contribution in [-0.4, -0.2) is 30.6 Å². The minimum Gasteiger partial charge on any atom is -0.337 e. The largest absolute Gasteiger partial charge is 0.337 e. The Hall–Kier alpha value is -0.710. The SMILES string of the molecule is C[C@H]1[C@@H](OCC#N)O[C@H]2O[C@@]3(C)CC[C@H]4[C@H](C)CC[C@@H]1[C@@]24OO3. The molecule has 0 aromatic heterocycles. The zero-order valence-electron chi connectivity index (χ0n) is 14.0. The molecule has 5 rings (SSSR count). The van der Waals surface area contributed by atoms with E-state index >= 15 is 0 Å². The van der Waals surface area contributed by atoms with Gasteiger partial charge in [0.15, 0.2) is 18.2 Å². The van der Waals surface area contributed by atoms with Crippen LogP contribution in [0, 0.1) is 35.0 Å². The molecule has 8 atom stereocenters. The fourth-order valence-corrected chi connectivity index (χ4v) is 5.18. The predicted octanol–water partition coefficient (Wildman–Crippen LogP) is 2.73. The smallest absolute Gasteiger partial charge is 0.201 e. The number of fused-ring (bicyclic) bond motifs is 2. The Labute approximate surface area is 136 Å². The number of nitrogens with zero attached hydrogens (tertiary/aromatic N) is 1. The topological polar surface area (TPSA) is 69.9 Å². The molecule has 1 saturated carbocycles. The Morgan fingerprint density at radius 3 is 2.78 bits per heavy atom. The lowest BCUT2D eigenvalue weighted by atomic mass is 9.58. The predicted molar refractivity (Wildman–Crippen MR) is 78.4 cm³/mol. The molecule has 5 aliphatic rings. The summed E-state index contributed by atoms with van der Waals surface area (Å²) in [6.07, 6.45) is 3.09. The van der Waals surface area contributed by atoms with Crippen LogP contribution in [0.3, 0.4) is 0 Å². The van der Waals surface area contributed by atoms with Crippen LogP contribution in [0.1, 0.15) is 46.5 Å². The van der Waals surface area contributed by atoms with Gasteiger partial charge in [0.05, 0.1) is 6.07 Å². The molecule has 1 aliphatic carbocycles. The number of hydrogen-bond donors (Lipinski definition) is 0. The maximum atomic E-state index is 8.81. The summed E-state index contributed by atoms with van der Waals surface area (Å²) in [6.45, 7) is 6.34. The standard InChI is InChI=1S/C17H25NO5/c1-10-4-5-13-11(2)14(19-9-8-18)20-15-17(13)12(10)6-7-16(3,21-15)22-23-17/h10-15H,4-7,9H2,1-3H3/t10-,11-,12+,13+,14+,15+,16-,17-/m1/s1. The van der Waals surface area contributed by atoms with Gasteiger partial charge in [0.2, 0.25) is 5.79 Å². The van der Waals surface area contributed by atoms with Crippen molar-refractivity contribution >= 4 is 0 Å². The van der Waals surface area contributed by atoms with E-state index in [0.717, 1.165) is 19.3 Å². The fraction of sp³-hybridized carbons (Fsp3) is 0.941. The monoisotopic (exact) mass is 323 g/mol. The lowest BCUT2D eigenvalue weighted by Gasteiger charge is -2.60. The second-order valence-electron chi connectivity index (χ2n) is 7.74. The maximum Gasteiger partial charge on any atom is 0.201 e. The first-order valence-corrected chi connectivity index (χ1v) is 8.69. The van der Waals surface area contributed by atoms with Gasteiger partial charge in [0.1, 0.15) is 6.61 Å². The first-order chi connectivity index (χ1) is 11.0. The highest BCUT2D eigenvalue weighted by atomic mass is 17.3. The normalized spacial score (nSPS) is 54.9. The van der Waals surface area contributed by atoms with Gasteiger partial charge in [-0.25, -0.2) is 9.78 Å². The van der Waals surface area contributed by atoms with Gasteiger partial charge in [-0.15, -0.1) is 0 Å². The number of rotatable bonds is 2. The molecule has 0 unspecified atom stereocenters. The van der Waals surface area contributed by atoms with Gasteiger partial charge in [-0.3, -0.25) is 0 Å². The van der Waals surface area contributed by atoms with Crippen LogP contribution in [0.2, 0.25) is 0 Å². The van der Waals surface area contributed by atoms with Crippen molar-refractivity contribution in [2.24, 2.45) is 23.7 Å². The van der Waals surface area contributed by atoms with E-state index in [2.05, 4.69) is 13.8 Å². The van der Waals surface area contributed by atoms with Crippen molar-refractivity contribution in [1.82, 2.24) is 0 Å². The second-order valence-corrected chi connectivity index (χ2v) is 7.74. The molecule has 6 nitrogen and oxygen atoms in total. The molecule has 128 valence electrons. The molecule has 2 bridgehead atoms. The third kappa shape index (κ3) is 2.18. The zero-order chi connectivity index (χ0) is 16.2. The Balaban J connectivity index is 1.72.